The molecular formula is C12H26N2O. The first-order valence-corrected chi connectivity index (χ1v) is 6.01. The summed E-state index contributed by atoms with van der Waals surface area (Å²) in [4.78, 5) is 5.00. The summed E-state index contributed by atoms with van der Waals surface area (Å²) in [5.41, 5.74) is 0.300. The molecule has 0 spiro atoms. The Morgan fingerprint density at radius 1 is 1.13 bits per heavy atom. The van der Waals surface area contributed by atoms with Crippen LogP contribution in [0.1, 0.15) is 27.7 Å². The highest BCUT2D eigenvalue weighted by atomic mass is 16.3. The standard InChI is InChI=1S/C12H26N2O/c1-11(10-15)9-13-5-7-14(8-6-13)12(2,3)4/h11,15H,5-10H2,1-4H3. The van der Waals surface area contributed by atoms with Crippen molar-refractivity contribution < 1.29 is 5.11 Å². The third-order valence-corrected chi connectivity index (χ3v) is 3.20. The molecule has 1 N–H and O–H groups in total. The van der Waals surface area contributed by atoms with Gasteiger partial charge in [0, 0.05) is 44.9 Å². The second-order valence-electron chi connectivity index (χ2n) is 5.75. The predicted molar refractivity (Wildman–Crippen MR) is 64.0 cm³/mol. The van der Waals surface area contributed by atoms with Gasteiger partial charge in [0.1, 0.15) is 0 Å². The second kappa shape index (κ2) is 5.28. The van der Waals surface area contributed by atoms with E-state index in [1.807, 2.05) is 0 Å². The largest absolute Gasteiger partial charge is 0.396 e. The molecule has 0 bridgehead atoms. The highest BCUT2D eigenvalue weighted by Gasteiger charge is 2.25. The van der Waals surface area contributed by atoms with Crippen LogP contribution in [-0.4, -0.2) is 59.8 Å². The maximum Gasteiger partial charge on any atom is 0.0468 e. The van der Waals surface area contributed by atoms with Crippen molar-refractivity contribution in [1.82, 2.24) is 9.80 Å². The molecule has 1 saturated heterocycles. The maximum absolute atomic E-state index is 9.01. The molecule has 1 aliphatic heterocycles. The van der Waals surface area contributed by atoms with Gasteiger partial charge in [-0.25, -0.2) is 0 Å². The van der Waals surface area contributed by atoms with Crippen LogP contribution >= 0.6 is 0 Å². The molecule has 0 aromatic carbocycles. The van der Waals surface area contributed by atoms with Crippen LogP contribution in [0.25, 0.3) is 0 Å². The van der Waals surface area contributed by atoms with Crippen molar-refractivity contribution in [2.24, 2.45) is 5.92 Å². The van der Waals surface area contributed by atoms with Gasteiger partial charge < -0.3 is 10.0 Å². The number of aliphatic hydroxyl groups is 1. The Bertz CT molecular complexity index is 181. The fourth-order valence-corrected chi connectivity index (χ4v) is 2.10. The predicted octanol–water partition coefficient (Wildman–Crippen LogP) is 1.03. The number of nitrogens with zero attached hydrogens (tertiary/aromatic N) is 2. The third kappa shape index (κ3) is 4.09. The number of hydrogen-bond donors (Lipinski definition) is 1. The summed E-state index contributed by atoms with van der Waals surface area (Å²) in [6, 6.07) is 0. The Morgan fingerprint density at radius 3 is 2.07 bits per heavy atom. The molecule has 1 unspecified atom stereocenters. The zero-order chi connectivity index (χ0) is 11.5. The van der Waals surface area contributed by atoms with Crippen molar-refractivity contribution in [2.45, 2.75) is 33.2 Å². The molecule has 0 aliphatic carbocycles. The van der Waals surface area contributed by atoms with Gasteiger partial charge in [0.2, 0.25) is 0 Å². The Kier molecular flexibility index (Phi) is 4.56. The lowest BCUT2D eigenvalue weighted by molar-refractivity contribution is 0.0513. The van der Waals surface area contributed by atoms with Gasteiger partial charge in [-0.15, -0.1) is 0 Å². The van der Waals surface area contributed by atoms with Gasteiger partial charge in [-0.1, -0.05) is 6.92 Å². The van der Waals surface area contributed by atoms with E-state index in [0.29, 0.717) is 18.1 Å². The van der Waals surface area contributed by atoms with E-state index in [1.165, 1.54) is 0 Å². The first-order valence-electron chi connectivity index (χ1n) is 6.01. The molecular weight excluding hydrogens is 188 g/mol. The number of rotatable bonds is 3. The number of hydrogen-bond acceptors (Lipinski definition) is 3. The fraction of sp³-hybridized carbons (Fsp3) is 1.00. The SMILES string of the molecule is CC(CO)CN1CCN(C(C)(C)C)CC1. The molecule has 90 valence electrons. The highest BCUT2D eigenvalue weighted by Crippen LogP contribution is 2.16. The van der Waals surface area contributed by atoms with Crippen molar-refractivity contribution in [2.75, 3.05) is 39.3 Å². The zero-order valence-corrected chi connectivity index (χ0v) is 10.7. The number of aliphatic hydroxyl groups excluding tert-OH is 1. The van der Waals surface area contributed by atoms with Crippen LogP contribution in [-0.2, 0) is 0 Å². The first kappa shape index (κ1) is 12.9. The van der Waals surface area contributed by atoms with Crippen LogP contribution in [0, 0.1) is 5.92 Å². The molecule has 3 heteroatoms. The van der Waals surface area contributed by atoms with Crippen molar-refractivity contribution in [3.63, 3.8) is 0 Å². The third-order valence-electron chi connectivity index (χ3n) is 3.20. The molecule has 1 heterocycles. The van der Waals surface area contributed by atoms with E-state index in [9.17, 15) is 0 Å². The average molecular weight is 214 g/mol. The smallest absolute Gasteiger partial charge is 0.0468 e. The molecule has 1 rings (SSSR count). The van der Waals surface area contributed by atoms with E-state index in [0.717, 1.165) is 32.7 Å². The van der Waals surface area contributed by atoms with Crippen molar-refractivity contribution >= 4 is 0 Å². The summed E-state index contributed by atoms with van der Waals surface area (Å²) < 4.78 is 0. The first-order chi connectivity index (χ1) is 6.93. The Hall–Kier alpha value is -0.120. The van der Waals surface area contributed by atoms with Crippen LogP contribution < -0.4 is 0 Å². The Morgan fingerprint density at radius 2 is 1.67 bits per heavy atom. The normalized spacial score (nSPS) is 23.0. The summed E-state index contributed by atoms with van der Waals surface area (Å²) in [5, 5.41) is 9.01. The van der Waals surface area contributed by atoms with E-state index < -0.39 is 0 Å². The summed E-state index contributed by atoms with van der Waals surface area (Å²) in [6.07, 6.45) is 0. The van der Waals surface area contributed by atoms with Gasteiger partial charge in [0.25, 0.3) is 0 Å². The quantitative estimate of drug-likeness (QED) is 0.760. The zero-order valence-electron chi connectivity index (χ0n) is 10.7. The molecule has 0 aromatic rings. The fourth-order valence-electron chi connectivity index (χ4n) is 2.10. The minimum Gasteiger partial charge on any atom is -0.396 e. The number of piperazine rings is 1. The lowest BCUT2D eigenvalue weighted by Gasteiger charge is -2.42. The van der Waals surface area contributed by atoms with Gasteiger partial charge in [0.15, 0.2) is 0 Å². The summed E-state index contributed by atoms with van der Waals surface area (Å²) in [5.74, 6) is 0.409. The molecule has 1 aliphatic rings. The van der Waals surface area contributed by atoms with Crippen molar-refractivity contribution in [3.05, 3.63) is 0 Å². The van der Waals surface area contributed by atoms with Crippen molar-refractivity contribution in [3.8, 4) is 0 Å². The van der Waals surface area contributed by atoms with Crippen LogP contribution in [0.2, 0.25) is 0 Å². The lowest BCUT2D eigenvalue weighted by atomic mass is 10.0. The Labute approximate surface area is 94.1 Å². The maximum atomic E-state index is 9.01. The summed E-state index contributed by atoms with van der Waals surface area (Å²) in [6.45, 7) is 14.9. The lowest BCUT2D eigenvalue weighted by Crippen LogP contribution is -2.54. The van der Waals surface area contributed by atoms with Gasteiger partial charge in [-0.3, -0.25) is 4.90 Å². The molecule has 1 fully saturated rings. The Balaban J connectivity index is 2.30. The van der Waals surface area contributed by atoms with Gasteiger partial charge >= 0.3 is 0 Å². The van der Waals surface area contributed by atoms with Crippen LogP contribution in [0.3, 0.4) is 0 Å². The van der Waals surface area contributed by atoms with Gasteiger partial charge in [-0.2, -0.15) is 0 Å². The monoisotopic (exact) mass is 214 g/mol. The minimum absolute atomic E-state index is 0.300. The summed E-state index contributed by atoms with van der Waals surface area (Å²) in [7, 11) is 0. The highest BCUT2D eigenvalue weighted by molar-refractivity contribution is 4.82. The molecule has 1 atom stereocenters. The molecule has 15 heavy (non-hydrogen) atoms. The molecule has 0 aromatic heterocycles. The second-order valence-corrected chi connectivity index (χ2v) is 5.75. The summed E-state index contributed by atoms with van der Waals surface area (Å²) >= 11 is 0. The van der Waals surface area contributed by atoms with Gasteiger partial charge in [0.05, 0.1) is 0 Å². The van der Waals surface area contributed by atoms with Crippen LogP contribution in [0.5, 0.6) is 0 Å². The van der Waals surface area contributed by atoms with E-state index in [1.54, 1.807) is 0 Å². The molecule has 3 nitrogen and oxygen atoms in total. The molecule has 0 amide bonds. The van der Waals surface area contributed by atoms with E-state index in [2.05, 4.69) is 37.5 Å². The molecule has 0 radical (unpaired) electrons. The van der Waals surface area contributed by atoms with Crippen LogP contribution in [0.15, 0.2) is 0 Å². The van der Waals surface area contributed by atoms with E-state index in [4.69, 9.17) is 5.11 Å². The van der Waals surface area contributed by atoms with Crippen molar-refractivity contribution in [1.29, 1.82) is 0 Å². The van der Waals surface area contributed by atoms with Crippen LogP contribution in [0.4, 0.5) is 0 Å². The minimum atomic E-state index is 0.300. The average Bonchev–Trinajstić information content (AvgIpc) is 2.17. The molecule has 0 saturated carbocycles. The topological polar surface area (TPSA) is 26.7 Å². The van der Waals surface area contributed by atoms with E-state index in [-0.39, 0.29) is 0 Å². The van der Waals surface area contributed by atoms with Gasteiger partial charge in [-0.05, 0) is 26.7 Å². The van der Waals surface area contributed by atoms with E-state index >= 15 is 0 Å².